The van der Waals surface area contributed by atoms with Crippen LogP contribution in [0.25, 0.3) is 0 Å². The highest BCUT2D eigenvalue weighted by atomic mass is 31.0. The Bertz CT molecular complexity index is 8.00. The molecule has 25 valence electrons. The van der Waals surface area contributed by atoms with Gasteiger partial charge in [-0.3, -0.25) is 0 Å². The highest BCUT2D eigenvalue weighted by Gasteiger charge is 1.53. The zero-order valence-electron chi connectivity index (χ0n) is 2.62. The summed E-state index contributed by atoms with van der Waals surface area (Å²) in [5.41, 5.74) is 0. The van der Waals surface area contributed by atoms with Crippen LogP contribution in [0.3, 0.4) is 0 Å². The summed E-state index contributed by atoms with van der Waals surface area (Å²) in [5.74, 6) is 0. The van der Waals surface area contributed by atoms with Crippen molar-refractivity contribution in [1.82, 2.24) is 0 Å². The molecule has 0 rings (SSSR count). The van der Waals surface area contributed by atoms with E-state index in [1.165, 1.54) is 0 Å². The summed E-state index contributed by atoms with van der Waals surface area (Å²) in [6.07, 6.45) is 0. The Kier molecular flexibility index (Phi) is 3.72. The minimum atomic E-state index is 0.733. The SMILES string of the molecule is CCO[PH]. The molecule has 0 saturated heterocycles. The van der Waals surface area contributed by atoms with Crippen molar-refractivity contribution >= 4 is 9.47 Å². The first-order chi connectivity index (χ1) is 1.91. The Morgan fingerprint density at radius 2 is 2.25 bits per heavy atom. The van der Waals surface area contributed by atoms with Crippen LogP contribution < -0.4 is 0 Å². The van der Waals surface area contributed by atoms with Gasteiger partial charge < -0.3 is 4.52 Å². The molecule has 0 aliphatic rings. The van der Waals surface area contributed by atoms with E-state index in [0.717, 1.165) is 6.61 Å². The number of hydrogen-bond donors (Lipinski definition) is 0. The molecule has 0 spiro atoms. The van der Waals surface area contributed by atoms with Gasteiger partial charge in [0.15, 0.2) is 0 Å². The van der Waals surface area contributed by atoms with Crippen molar-refractivity contribution in [2.75, 3.05) is 6.61 Å². The second-order valence-electron chi connectivity index (χ2n) is 0.433. The van der Waals surface area contributed by atoms with Crippen LogP contribution in [0.4, 0.5) is 0 Å². The lowest BCUT2D eigenvalue weighted by Gasteiger charge is -1.74. The highest BCUT2D eigenvalue weighted by Crippen LogP contribution is 1.77. The zero-order valence-corrected chi connectivity index (χ0v) is 3.62. The maximum atomic E-state index is 4.35. The highest BCUT2D eigenvalue weighted by molar-refractivity contribution is 7.09. The Balaban J connectivity index is 1.97. The van der Waals surface area contributed by atoms with Gasteiger partial charge in [0.1, 0.15) is 0 Å². The zero-order chi connectivity index (χ0) is 3.41. The van der Waals surface area contributed by atoms with Gasteiger partial charge in [-0.1, -0.05) is 0 Å². The third-order valence-electron chi connectivity index (χ3n) is 0.144. The van der Waals surface area contributed by atoms with E-state index in [-0.39, 0.29) is 0 Å². The van der Waals surface area contributed by atoms with Gasteiger partial charge >= 0.3 is 0 Å². The fraction of sp³-hybridized carbons (Fsp3) is 1.00. The summed E-state index contributed by atoms with van der Waals surface area (Å²) in [4.78, 5) is 0. The molecule has 0 aliphatic heterocycles. The average Bonchev–Trinajstić information content (AvgIpc) is 1.37. The van der Waals surface area contributed by atoms with E-state index in [1.807, 2.05) is 6.92 Å². The Hall–Kier alpha value is 0.390. The molecule has 0 saturated carbocycles. The van der Waals surface area contributed by atoms with Crippen LogP contribution in [0.5, 0.6) is 0 Å². The molecule has 0 aromatic heterocycles. The Morgan fingerprint density at radius 3 is 2.25 bits per heavy atom. The van der Waals surface area contributed by atoms with Crippen molar-refractivity contribution in [3.05, 3.63) is 0 Å². The minimum absolute atomic E-state index is 0.733. The van der Waals surface area contributed by atoms with Gasteiger partial charge in [-0.2, -0.15) is 0 Å². The fourth-order valence-corrected chi connectivity index (χ4v) is 0. The van der Waals surface area contributed by atoms with E-state index in [4.69, 9.17) is 0 Å². The summed E-state index contributed by atoms with van der Waals surface area (Å²) in [7, 11) is 2.79. The summed E-state index contributed by atoms with van der Waals surface area (Å²) < 4.78 is 4.35. The molecule has 2 heteroatoms. The third kappa shape index (κ3) is 2.39. The maximum Gasteiger partial charge on any atom is 0.0641 e. The molecule has 1 radical (unpaired) electrons. The lowest BCUT2D eigenvalue weighted by Crippen LogP contribution is -1.63. The van der Waals surface area contributed by atoms with Crippen LogP contribution in [0.15, 0.2) is 0 Å². The normalized spacial score (nSPS) is 7.50. The average molecular weight is 77.0 g/mol. The number of hydrogen-bond acceptors (Lipinski definition) is 1. The van der Waals surface area contributed by atoms with Crippen LogP contribution >= 0.6 is 9.47 Å². The molecule has 0 aromatic carbocycles. The maximum absolute atomic E-state index is 4.35. The van der Waals surface area contributed by atoms with Crippen LogP contribution in [-0.2, 0) is 4.52 Å². The lowest BCUT2D eigenvalue weighted by atomic mass is 10.9. The molecule has 0 heterocycles. The predicted molar refractivity (Wildman–Crippen MR) is 19.9 cm³/mol. The summed E-state index contributed by atoms with van der Waals surface area (Å²) in [5, 5.41) is 0. The van der Waals surface area contributed by atoms with Gasteiger partial charge in [-0.25, -0.2) is 0 Å². The first-order valence-corrected chi connectivity index (χ1v) is 1.61. The number of rotatable bonds is 1. The van der Waals surface area contributed by atoms with Crippen LogP contribution in [0.2, 0.25) is 0 Å². The van der Waals surface area contributed by atoms with Crippen molar-refractivity contribution in [3.63, 3.8) is 0 Å². The quantitative estimate of drug-likeness (QED) is 0.425. The summed E-state index contributed by atoms with van der Waals surface area (Å²) in [6.45, 7) is 2.64. The van der Waals surface area contributed by atoms with Gasteiger partial charge in [0.05, 0.1) is 9.47 Å². The molecule has 0 aromatic rings. The third-order valence-corrected chi connectivity index (χ3v) is 0.433. The molecule has 0 bridgehead atoms. The molecule has 4 heavy (non-hydrogen) atoms. The molecule has 0 unspecified atom stereocenters. The second kappa shape index (κ2) is 3.39. The first-order valence-electron chi connectivity index (χ1n) is 1.20. The van der Waals surface area contributed by atoms with E-state index < -0.39 is 0 Å². The summed E-state index contributed by atoms with van der Waals surface area (Å²) in [6, 6.07) is 0. The molecule has 1 nitrogen and oxygen atoms in total. The van der Waals surface area contributed by atoms with Gasteiger partial charge in [-0.05, 0) is 6.92 Å². The standard InChI is InChI=1S/C2H6OP/c1-2-3-4/h4H,2H2,1H3. The topological polar surface area (TPSA) is 9.23 Å². The predicted octanol–water partition coefficient (Wildman–Crippen LogP) is 1.08. The smallest absolute Gasteiger partial charge is 0.0641 e. The van der Waals surface area contributed by atoms with Gasteiger partial charge in [0.25, 0.3) is 0 Å². The lowest BCUT2D eigenvalue weighted by molar-refractivity contribution is 0.400. The van der Waals surface area contributed by atoms with E-state index in [2.05, 4.69) is 14.0 Å². The minimum Gasteiger partial charge on any atom is -0.356 e. The molecule has 0 aliphatic carbocycles. The molecule has 0 atom stereocenters. The van der Waals surface area contributed by atoms with E-state index in [0.29, 0.717) is 0 Å². The molecular weight excluding hydrogens is 71.0 g/mol. The van der Waals surface area contributed by atoms with Gasteiger partial charge in [0, 0.05) is 6.61 Å². The fourth-order valence-electron chi connectivity index (χ4n) is 0. The van der Waals surface area contributed by atoms with Crippen molar-refractivity contribution < 1.29 is 4.52 Å². The van der Waals surface area contributed by atoms with Crippen molar-refractivity contribution in [3.8, 4) is 0 Å². The van der Waals surface area contributed by atoms with Crippen molar-refractivity contribution in [2.24, 2.45) is 0 Å². The van der Waals surface area contributed by atoms with Crippen molar-refractivity contribution in [1.29, 1.82) is 0 Å². The molecular formula is C2H6OP. The largest absolute Gasteiger partial charge is 0.356 e. The first kappa shape index (κ1) is 4.39. The van der Waals surface area contributed by atoms with Crippen molar-refractivity contribution in [2.45, 2.75) is 6.92 Å². The molecule has 0 N–H and O–H groups in total. The van der Waals surface area contributed by atoms with Crippen LogP contribution in [-0.4, -0.2) is 6.61 Å². The summed E-state index contributed by atoms with van der Waals surface area (Å²) >= 11 is 0. The Labute approximate surface area is 28.6 Å². The second-order valence-corrected chi connectivity index (χ2v) is 0.722. The monoisotopic (exact) mass is 77.0 g/mol. The van der Waals surface area contributed by atoms with Gasteiger partial charge in [-0.15, -0.1) is 0 Å². The van der Waals surface area contributed by atoms with E-state index >= 15 is 0 Å². The van der Waals surface area contributed by atoms with Crippen LogP contribution in [0.1, 0.15) is 6.92 Å². The Morgan fingerprint density at radius 1 is 2.00 bits per heavy atom. The molecule has 0 amide bonds. The van der Waals surface area contributed by atoms with E-state index in [9.17, 15) is 0 Å². The van der Waals surface area contributed by atoms with Crippen LogP contribution in [0, 0.1) is 0 Å². The van der Waals surface area contributed by atoms with Gasteiger partial charge in [0.2, 0.25) is 0 Å². The molecule has 0 fully saturated rings. The van der Waals surface area contributed by atoms with E-state index in [1.54, 1.807) is 0 Å².